The van der Waals surface area contributed by atoms with Crippen LogP contribution in [0, 0.1) is 23.2 Å². The molecule has 4 aliphatic rings. The van der Waals surface area contributed by atoms with Gasteiger partial charge in [-0.15, -0.1) is 0 Å². The van der Waals surface area contributed by atoms with Crippen molar-refractivity contribution in [3.05, 3.63) is 11.6 Å². The summed E-state index contributed by atoms with van der Waals surface area (Å²) in [5.41, 5.74) is 2.24. The molecule has 0 aromatic carbocycles. The van der Waals surface area contributed by atoms with Crippen LogP contribution >= 0.6 is 0 Å². The van der Waals surface area contributed by atoms with E-state index in [0.29, 0.717) is 29.9 Å². The molecule has 0 bridgehead atoms. The van der Waals surface area contributed by atoms with E-state index in [9.17, 15) is 15.2 Å². The van der Waals surface area contributed by atoms with Gasteiger partial charge in [0.1, 0.15) is 0 Å². The summed E-state index contributed by atoms with van der Waals surface area (Å²) in [5, 5.41) is 29.1. The summed E-state index contributed by atoms with van der Waals surface area (Å²) in [6.07, 6.45) is 7.89. The molecule has 2 saturated carbocycles. The van der Waals surface area contributed by atoms with Crippen LogP contribution in [0.1, 0.15) is 58.8 Å². The normalized spacial score (nSPS) is 46.7. The lowest BCUT2D eigenvalue weighted by Crippen LogP contribution is -2.63. The highest BCUT2D eigenvalue weighted by Gasteiger charge is 2.57. The number of hydrogen-bond acceptors (Lipinski definition) is 5. The summed E-state index contributed by atoms with van der Waals surface area (Å²) < 4.78 is 0. The van der Waals surface area contributed by atoms with Crippen LogP contribution in [0.2, 0.25) is 0 Å². The lowest BCUT2D eigenvalue weighted by molar-refractivity contribution is -0.131. The van der Waals surface area contributed by atoms with Crippen molar-refractivity contribution < 1.29 is 15.2 Å². The van der Waals surface area contributed by atoms with Gasteiger partial charge in [-0.1, -0.05) is 17.2 Å². The Hall–Kier alpha value is -1.85. The molecule has 1 heterocycles. The van der Waals surface area contributed by atoms with Gasteiger partial charge in [0.05, 0.1) is 11.4 Å². The lowest BCUT2D eigenvalue weighted by Gasteiger charge is -2.59. The second kappa shape index (κ2) is 5.58. The number of piperidine rings is 1. The molecule has 1 saturated heterocycles. The first-order valence-electron chi connectivity index (χ1n) is 9.37. The van der Waals surface area contributed by atoms with E-state index in [-0.39, 0.29) is 16.9 Å². The zero-order valence-electron chi connectivity index (χ0n) is 15.0. The molecule has 0 aromatic rings. The Bertz CT molecular complexity index is 698. The van der Waals surface area contributed by atoms with Crippen molar-refractivity contribution in [1.29, 1.82) is 0 Å². The van der Waals surface area contributed by atoms with E-state index in [1.54, 1.807) is 0 Å². The Morgan fingerprint density at radius 1 is 1.12 bits per heavy atom. The van der Waals surface area contributed by atoms with Crippen LogP contribution in [0.25, 0.3) is 0 Å². The first-order valence-corrected chi connectivity index (χ1v) is 9.37. The van der Waals surface area contributed by atoms with Gasteiger partial charge in [0.2, 0.25) is 5.91 Å². The molecule has 6 heteroatoms. The quantitative estimate of drug-likeness (QED) is 0.465. The minimum absolute atomic E-state index is 0.0541. The van der Waals surface area contributed by atoms with Crippen LogP contribution in [-0.2, 0) is 4.79 Å². The van der Waals surface area contributed by atoms with Gasteiger partial charge < -0.3 is 15.7 Å². The highest BCUT2D eigenvalue weighted by atomic mass is 16.4. The van der Waals surface area contributed by atoms with Crippen molar-refractivity contribution in [3.63, 3.8) is 0 Å². The summed E-state index contributed by atoms with van der Waals surface area (Å²) in [7, 11) is 0. The van der Waals surface area contributed by atoms with Crippen LogP contribution < -0.4 is 5.32 Å². The van der Waals surface area contributed by atoms with Crippen LogP contribution in [0.3, 0.4) is 0 Å². The number of oxime groups is 2. The van der Waals surface area contributed by atoms with Crippen molar-refractivity contribution >= 4 is 17.3 Å². The number of carbonyl (C=O) groups is 1. The van der Waals surface area contributed by atoms with Crippen molar-refractivity contribution in [3.8, 4) is 0 Å². The van der Waals surface area contributed by atoms with E-state index < -0.39 is 0 Å². The van der Waals surface area contributed by atoms with Gasteiger partial charge in [0.15, 0.2) is 0 Å². The molecule has 0 unspecified atom stereocenters. The van der Waals surface area contributed by atoms with E-state index in [2.05, 4.69) is 29.5 Å². The summed E-state index contributed by atoms with van der Waals surface area (Å²) in [4.78, 5) is 11.9. The van der Waals surface area contributed by atoms with E-state index in [0.717, 1.165) is 49.8 Å². The zero-order chi connectivity index (χ0) is 17.8. The minimum atomic E-state index is -0.138. The molecule has 0 radical (unpaired) electrons. The zero-order valence-corrected chi connectivity index (χ0v) is 15.0. The molecule has 3 N–H and O–H groups in total. The number of rotatable bonds is 0. The summed E-state index contributed by atoms with van der Waals surface area (Å²) in [6, 6.07) is 0. The number of hydrogen-bond donors (Lipinski definition) is 3. The Morgan fingerprint density at radius 2 is 1.92 bits per heavy atom. The number of fused-ring (bicyclic) bond motifs is 5. The fourth-order valence-electron chi connectivity index (χ4n) is 6.27. The molecule has 1 amide bonds. The molecular formula is C19H27N3O3. The number of allylic oxidation sites excluding steroid dienone is 2. The highest BCUT2D eigenvalue weighted by molar-refractivity contribution is 6.09. The van der Waals surface area contributed by atoms with E-state index in [1.165, 1.54) is 0 Å². The smallest absolute Gasteiger partial charge is 0.220 e. The van der Waals surface area contributed by atoms with Gasteiger partial charge in [0.25, 0.3) is 0 Å². The molecule has 3 aliphatic carbocycles. The minimum Gasteiger partial charge on any atom is -0.411 e. The maximum absolute atomic E-state index is 11.9. The number of carbonyl (C=O) groups excluding carboxylic acids is 1. The maximum Gasteiger partial charge on any atom is 0.220 e. The van der Waals surface area contributed by atoms with Crippen molar-refractivity contribution in [1.82, 2.24) is 5.32 Å². The standard InChI is InChI=1S/C19H27N3O3/c1-18-7-5-11(21-24)9-15(18)16(22-25)10-12-13(18)6-8-19(2)14(12)3-4-17(23)20-19/h9,12-14,24-25H,3-8,10H2,1-2H3,(H,20,23)/b21-11-,22-16-/t12-,13+,14+,18-,19+/m1/s1. The molecule has 6 nitrogen and oxygen atoms in total. The monoisotopic (exact) mass is 345 g/mol. The number of nitrogens with zero attached hydrogens (tertiary/aromatic N) is 2. The molecule has 3 fully saturated rings. The van der Waals surface area contributed by atoms with Crippen LogP contribution in [0.4, 0.5) is 0 Å². The van der Waals surface area contributed by atoms with Gasteiger partial charge in [-0.05, 0) is 80.3 Å². The summed E-state index contributed by atoms with van der Waals surface area (Å²) >= 11 is 0. The second-order valence-electron chi connectivity index (χ2n) is 8.74. The SMILES string of the molecule is C[C@]12CC/C(=N/O)C=C1/C(=N\O)C[C@@H]1[C@@H]2CC[C@]2(C)NC(=O)CC[C@@H]12. The molecule has 4 rings (SSSR count). The summed E-state index contributed by atoms with van der Waals surface area (Å²) in [5.74, 6) is 1.52. The fraction of sp³-hybridized carbons (Fsp3) is 0.737. The number of nitrogens with one attached hydrogen (secondary N) is 1. The maximum atomic E-state index is 11.9. The fourth-order valence-corrected chi connectivity index (χ4v) is 6.27. The van der Waals surface area contributed by atoms with E-state index >= 15 is 0 Å². The Kier molecular flexibility index (Phi) is 3.71. The first-order chi connectivity index (χ1) is 11.9. The van der Waals surface area contributed by atoms with Crippen molar-refractivity contribution in [2.45, 2.75) is 64.3 Å². The largest absolute Gasteiger partial charge is 0.411 e. The highest BCUT2D eigenvalue weighted by Crippen LogP contribution is 2.60. The second-order valence-corrected chi connectivity index (χ2v) is 8.74. The van der Waals surface area contributed by atoms with Gasteiger partial charge in [-0.3, -0.25) is 4.79 Å². The topological polar surface area (TPSA) is 94.3 Å². The van der Waals surface area contributed by atoms with Crippen LogP contribution in [0.5, 0.6) is 0 Å². The lowest BCUT2D eigenvalue weighted by atomic mass is 9.47. The molecule has 0 aromatic heterocycles. The molecule has 0 spiro atoms. The van der Waals surface area contributed by atoms with Crippen LogP contribution in [-0.4, -0.2) is 33.3 Å². The average Bonchev–Trinajstić information content (AvgIpc) is 2.59. The third-order valence-electron chi connectivity index (χ3n) is 7.57. The van der Waals surface area contributed by atoms with E-state index in [4.69, 9.17) is 0 Å². The molecular weight excluding hydrogens is 318 g/mol. The average molecular weight is 345 g/mol. The van der Waals surface area contributed by atoms with Gasteiger partial charge in [0, 0.05) is 12.0 Å². The van der Waals surface area contributed by atoms with Gasteiger partial charge in [-0.25, -0.2) is 0 Å². The van der Waals surface area contributed by atoms with Crippen molar-refractivity contribution in [2.24, 2.45) is 33.5 Å². The number of amides is 1. The van der Waals surface area contributed by atoms with Gasteiger partial charge in [-0.2, -0.15) is 0 Å². The first kappa shape index (κ1) is 16.6. The predicted octanol–water partition coefficient (Wildman–Crippen LogP) is 3.09. The van der Waals surface area contributed by atoms with Crippen molar-refractivity contribution in [2.75, 3.05) is 0 Å². The predicted molar refractivity (Wildman–Crippen MR) is 94.0 cm³/mol. The Balaban J connectivity index is 1.75. The summed E-state index contributed by atoms with van der Waals surface area (Å²) in [6.45, 7) is 4.46. The Morgan fingerprint density at radius 3 is 2.64 bits per heavy atom. The van der Waals surface area contributed by atoms with E-state index in [1.807, 2.05) is 6.08 Å². The van der Waals surface area contributed by atoms with Gasteiger partial charge >= 0.3 is 0 Å². The third-order valence-corrected chi connectivity index (χ3v) is 7.57. The molecule has 1 aliphatic heterocycles. The van der Waals surface area contributed by atoms with Crippen LogP contribution in [0.15, 0.2) is 22.0 Å². The third kappa shape index (κ3) is 2.33. The molecule has 136 valence electrons. The molecule has 25 heavy (non-hydrogen) atoms. The Labute approximate surface area is 148 Å². The molecule has 5 atom stereocenters.